The minimum Gasteiger partial charge on any atom is -0.339 e. The third-order valence-corrected chi connectivity index (χ3v) is 4.01. The van der Waals surface area contributed by atoms with Crippen molar-refractivity contribution in [3.8, 4) is 0 Å². The van der Waals surface area contributed by atoms with Crippen molar-refractivity contribution < 1.29 is 4.52 Å². The molecule has 1 aliphatic rings. The molecule has 102 valence electrons. The van der Waals surface area contributed by atoms with Gasteiger partial charge in [-0.2, -0.15) is 16.7 Å². The first-order chi connectivity index (χ1) is 8.83. The van der Waals surface area contributed by atoms with Crippen LogP contribution >= 0.6 is 11.8 Å². The van der Waals surface area contributed by atoms with E-state index < -0.39 is 0 Å². The van der Waals surface area contributed by atoms with Crippen LogP contribution < -0.4 is 5.32 Å². The summed E-state index contributed by atoms with van der Waals surface area (Å²) in [6.45, 7) is 3.32. The molecule has 1 fully saturated rings. The molecule has 2 atom stereocenters. The van der Waals surface area contributed by atoms with Crippen molar-refractivity contribution in [2.24, 2.45) is 0 Å². The molecule has 0 spiro atoms. The molecule has 1 aromatic rings. The van der Waals surface area contributed by atoms with Crippen molar-refractivity contribution in [3.05, 3.63) is 11.7 Å². The maximum atomic E-state index is 5.41. The molecule has 0 saturated heterocycles. The Hall–Kier alpha value is -0.550. The Balaban J connectivity index is 1.90. The van der Waals surface area contributed by atoms with Gasteiger partial charge in [0.25, 0.3) is 0 Å². The number of nitrogens with one attached hydrogen (secondary N) is 1. The zero-order valence-electron chi connectivity index (χ0n) is 11.3. The fourth-order valence-electron chi connectivity index (χ4n) is 2.57. The Labute approximate surface area is 113 Å². The van der Waals surface area contributed by atoms with Crippen LogP contribution in [-0.2, 0) is 5.75 Å². The molecule has 1 N–H and O–H groups in total. The van der Waals surface area contributed by atoms with E-state index in [4.69, 9.17) is 4.52 Å². The van der Waals surface area contributed by atoms with E-state index in [1.807, 2.05) is 0 Å². The predicted octanol–water partition coefficient (Wildman–Crippen LogP) is 2.96. The van der Waals surface area contributed by atoms with Gasteiger partial charge in [-0.05, 0) is 38.5 Å². The van der Waals surface area contributed by atoms with E-state index in [9.17, 15) is 0 Å². The van der Waals surface area contributed by atoms with Crippen molar-refractivity contribution >= 4 is 11.8 Å². The quantitative estimate of drug-likeness (QED) is 0.860. The van der Waals surface area contributed by atoms with Gasteiger partial charge in [-0.1, -0.05) is 18.5 Å². The minimum atomic E-state index is 0.455. The van der Waals surface area contributed by atoms with Gasteiger partial charge in [0.15, 0.2) is 5.82 Å². The van der Waals surface area contributed by atoms with E-state index in [1.165, 1.54) is 25.7 Å². The highest BCUT2D eigenvalue weighted by Gasteiger charge is 2.26. The fourth-order valence-corrected chi connectivity index (χ4v) is 2.94. The van der Waals surface area contributed by atoms with Gasteiger partial charge in [-0.3, -0.25) is 0 Å². The van der Waals surface area contributed by atoms with Crippen LogP contribution in [0.1, 0.15) is 56.7 Å². The first-order valence-electron chi connectivity index (χ1n) is 6.88. The van der Waals surface area contributed by atoms with Gasteiger partial charge in [-0.15, -0.1) is 0 Å². The van der Waals surface area contributed by atoms with Crippen molar-refractivity contribution in [1.82, 2.24) is 15.5 Å². The van der Waals surface area contributed by atoms with Gasteiger partial charge in [0.1, 0.15) is 0 Å². The van der Waals surface area contributed by atoms with Gasteiger partial charge in [0.2, 0.25) is 5.89 Å². The van der Waals surface area contributed by atoms with E-state index in [2.05, 4.69) is 28.6 Å². The smallest absolute Gasteiger partial charge is 0.229 e. The van der Waals surface area contributed by atoms with Gasteiger partial charge >= 0.3 is 0 Å². The van der Waals surface area contributed by atoms with Gasteiger partial charge in [0.05, 0.1) is 5.75 Å². The van der Waals surface area contributed by atoms with Crippen LogP contribution in [0.4, 0.5) is 0 Å². The zero-order chi connectivity index (χ0) is 12.8. The fraction of sp³-hybridized carbons (Fsp3) is 0.846. The Morgan fingerprint density at radius 1 is 1.44 bits per heavy atom. The maximum absolute atomic E-state index is 5.41. The Kier molecular flexibility index (Phi) is 5.50. The number of nitrogens with zero attached hydrogens (tertiary/aromatic N) is 2. The minimum absolute atomic E-state index is 0.455. The number of hydrogen-bond acceptors (Lipinski definition) is 5. The standard InChI is InChI=1S/C13H23N3OS/c1-3-7-14-11-6-4-5-10(8-11)13-15-12(9-18-2)16-17-13/h10-11,14H,3-9H2,1-2H3. The third-order valence-electron chi connectivity index (χ3n) is 3.46. The molecule has 0 amide bonds. The summed E-state index contributed by atoms with van der Waals surface area (Å²) in [5.74, 6) is 2.98. The lowest BCUT2D eigenvalue weighted by Gasteiger charge is -2.27. The molecule has 0 radical (unpaired) electrons. The lowest BCUT2D eigenvalue weighted by molar-refractivity contribution is 0.278. The summed E-state index contributed by atoms with van der Waals surface area (Å²) in [5, 5.41) is 7.65. The first-order valence-corrected chi connectivity index (χ1v) is 8.27. The highest BCUT2D eigenvalue weighted by Crippen LogP contribution is 2.32. The molecule has 2 rings (SSSR count). The second-order valence-corrected chi connectivity index (χ2v) is 5.86. The van der Waals surface area contributed by atoms with Crippen LogP contribution in [0.15, 0.2) is 4.52 Å². The molecule has 0 bridgehead atoms. The summed E-state index contributed by atoms with van der Waals surface area (Å²) in [7, 11) is 0. The highest BCUT2D eigenvalue weighted by atomic mass is 32.2. The third kappa shape index (κ3) is 3.72. The van der Waals surface area contributed by atoms with E-state index in [-0.39, 0.29) is 0 Å². The molecule has 1 aromatic heterocycles. The molecule has 0 aliphatic heterocycles. The number of thioether (sulfide) groups is 1. The molecule has 1 heterocycles. The SMILES string of the molecule is CCCNC1CCCC(c2nc(CSC)no2)C1. The van der Waals surface area contributed by atoms with Crippen LogP contribution in [0.5, 0.6) is 0 Å². The molecule has 4 nitrogen and oxygen atoms in total. The first kappa shape index (κ1) is 13.9. The molecular weight excluding hydrogens is 246 g/mol. The monoisotopic (exact) mass is 269 g/mol. The van der Waals surface area contributed by atoms with Crippen LogP contribution in [0.3, 0.4) is 0 Å². The average molecular weight is 269 g/mol. The maximum Gasteiger partial charge on any atom is 0.229 e. The second-order valence-electron chi connectivity index (χ2n) is 5.00. The molecule has 1 saturated carbocycles. The summed E-state index contributed by atoms with van der Waals surface area (Å²) in [4.78, 5) is 4.51. The average Bonchev–Trinajstić information content (AvgIpc) is 2.86. The Bertz CT molecular complexity index is 356. The summed E-state index contributed by atoms with van der Waals surface area (Å²) >= 11 is 1.73. The molecule has 0 aromatic carbocycles. The number of aromatic nitrogens is 2. The van der Waals surface area contributed by atoms with E-state index in [0.29, 0.717) is 12.0 Å². The van der Waals surface area contributed by atoms with E-state index in [1.54, 1.807) is 11.8 Å². The summed E-state index contributed by atoms with van der Waals surface area (Å²) in [6, 6.07) is 0.625. The number of rotatable bonds is 6. The summed E-state index contributed by atoms with van der Waals surface area (Å²) in [6.07, 6.45) is 8.11. The Morgan fingerprint density at radius 3 is 3.11 bits per heavy atom. The molecule has 1 aliphatic carbocycles. The number of hydrogen-bond donors (Lipinski definition) is 1. The van der Waals surface area contributed by atoms with E-state index >= 15 is 0 Å². The molecule has 2 unspecified atom stereocenters. The summed E-state index contributed by atoms with van der Waals surface area (Å²) < 4.78 is 5.41. The van der Waals surface area contributed by atoms with Crippen LogP contribution in [0.2, 0.25) is 0 Å². The molecule has 18 heavy (non-hydrogen) atoms. The summed E-state index contributed by atoms with van der Waals surface area (Å²) in [5.41, 5.74) is 0. The van der Waals surface area contributed by atoms with Crippen molar-refractivity contribution in [2.75, 3.05) is 12.8 Å². The van der Waals surface area contributed by atoms with Crippen LogP contribution in [0, 0.1) is 0 Å². The van der Waals surface area contributed by atoms with E-state index in [0.717, 1.165) is 30.4 Å². The molecule has 5 heteroatoms. The predicted molar refractivity (Wildman–Crippen MR) is 74.8 cm³/mol. The van der Waals surface area contributed by atoms with Gasteiger partial charge < -0.3 is 9.84 Å². The lowest BCUT2D eigenvalue weighted by atomic mass is 9.85. The highest BCUT2D eigenvalue weighted by molar-refractivity contribution is 7.97. The van der Waals surface area contributed by atoms with Crippen molar-refractivity contribution in [2.45, 2.75) is 56.7 Å². The van der Waals surface area contributed by atoms with Crippen molar-refractivity contribution in [3.63, 3.8) is 0 Å². The molecular formula is C13H23N3OS. The zero-order valence-corrected chi connectivity index (χ0v) is 12.1. The van der Waals surface area contributed by atoms with Crippen LogP contribution in [-0.4, -0.2) is 29.0 Å². The normalized spacial score (nSPS) is 24.3. The topological polar surface area (TPSA) is 51.0 Å². The van der Waals surface area contributed by atoms with Gasteiger partial charge in [-0.25, -0.2) is 0 Å². The lowest BCUT2D eigenvalue weighted by Crippen LogP contribution is -2.34. The van der Waals surface area contributed by atoms with Gasteiger partial charge in [0, 0.05) is 12.0 Å². The second kappa shape index (κ2) is 7.14. The largest absolute Gasteiger partial charge is 0.339 e. The Morgan fingerprint density at radius 2 is 2.33 bits per heavy atom. The van der Waals surface area contributed by atoms with Crippen molar-refractivity contribution in [1.29, 1.82) is 0 Å². The van der Waals surface area contributed by atoms with Crippen LogP contribution in [0.25, 0.3) is 0 Å².